The largest absolute Gasteiger partial charge is 0.369 e. The lowest BCUT2D eigenvalue weighted by molar-refractivity contribution is 0.157. The number of nitrogens with zero attached hydrogens (tertiary/aromatic N) is 5. The molecule has 116 valence electrons. The van der Waals surface area contributed by atoms with Gasteiger partial charge in [0.1, 0.15) is 5.82 Å². The van der Waals surface area contributed by atoms with Crippen LogP contribution in [0.3, 0.4) is 0 Å². The van der Waals surface area contributed by atoms with Crippen molar-refractivity contribution in [3.8, 4) is 0 Å². The molecule has 2 aromatic rings. The monoisotopic (exact) mass is 319 g/mol. The maximum absolute atomic E-state index is 13.0. The molecule has 7 heteroatoms. The average Bonchev–Trinajstić information content (AvgIpc) is 3.01. The highest BCUT2D eigenvalue weighted by molar-refractivity contribution is 6.99. The molecule has 2 aliphatic heterocycles. The Hall–Kier alpha value is -1.73. The van der Waals surface area contributed by atoms with Crippen molar-refractivity contribution >= 4 is 23.2 Å². The first-order valence-electron chi connectivity index (χ1n) is 7.57. The first kappa shape index (κ1) is 13.9. The number of halogens is 1. The fraction of sp³-hybridized carbons (Fsp3) is 0.467. The number of anilines is 2. The van der Waals surface area contributed by atoms with Crippen LogP contribution in [0.2, 0.25) is 0 Å². The van der Waals surface area contributed by atoms with Crippen molar-refractivity contribution in [1.29, 1.82) is 0 Å². The molecule has 22 heavy (non-hydrogen) atoms. The van der Waals surface area contributed by atoms with Gasteiger partial charge in [0.05, 0.1) is 17.9 Å². The Kier molecular flexibility index (Phi) is 3.67. The molecule has 0 saturated carbocycles. The van der Waals surface area contributed by atoms with Crippen LogP contribution < -0.4 is 9.80 Å². The number of benzene rings is 1. The molecule has 0 radical (unpaired) electrons. The minimum Gasteiger partial charge on any atom is -0.369 e. The van der Waals surface area contributed by atoms with E-state index in [1.807, 2.05) is 18.3 Å². The number of rotatable bonds is 3. The van der Waals surface area contributed by atoms with Gasteiger partial charge in [0.25, 0.3) is 0 Å². The van der Waals surface area contributed by atoms with E-state index in [-0.39, 0.29) is 5.82 Å². The molecule has 0 amide bonds. The van der Waals surface area contributed by atoms with Gasteiger partial charge in [-0.05, 0) is 24.3 Å². The highest BCUT2D eigenvalue weighted by Gasteiger charge is 2.34. The van der Waals surface area contributed by atoms with Crippen molar-refractivity contribution < 1.29 is 4.39 Å². The van der Waals surface area contributed by atoms with Gasteiger partial charge >= 0.3 is 0 Å². The molecule has 0 spiro atoms. The Labute approximate surface area is 133 Å². The van der Waals surface area contributed by atoms with Crippen LogP contribution in [-0.4, -0.2) is 59.0 Å². The van der Waals surface area contributed by atoms with Gasteiger partial charge in [-0.25, -0.2) is 4.39 Å². The highest BCUT2D eigenvalue weighted by atomic mass is 32.1. The molecule has 0 atom stereocenters. The van der Waals surface area contributed by atoms with Gasteiger partial charge in [-0.1, -0.05) is 0 Å². The molecule has 2 fully saturated rings. The summed E-state index contributed by atoms with van der Waals surface area (Å²) in [6, 6.07) is 7.43. The van der Waals surface area contributed by atoms with E-state index in [9.17, 15) is 4.39 Å². The lowest BCUT2D eigenvalue weighted by Gasteiger charge is -2.48. The third-order valence-electron chi connectivity index (χ3n) is 4.56. The van der Waals surface area contributed by atoms with Gasteiger partial charge in [0.2, 0.25) is 0 Å². The van der Waals surface area contributed by atoms with E-state index in [0.717, 1.165) is 50.8 Å². The molecule has 1 aromatic heterocycles. The van der Waals surface area contributed by atoms with Gasteiger partial charge in [0.15, 0.2) is 5.82 Å². The predicted octanol–water partition coefficient (Wildman–Crippen LogP) is 1.69. The zero-order valence-electron chi connectivity index (χ0n) is 12.2. The molecule has 5 nitrogen and oxygen atoms in total. The van der Waals surface area contributed by atoms with Crippen LogP contribution in [0.5, 0.6) is 0 Å². The predicted molar refractivity (Wildman–Crippen MR) is 86.1 cm³/mol. The van der Waals surface area contributed by atoms with E-state index in [1.165, 1.54) is 23.9 Å². The Morgan fingerprint density at radius 2 is 1.73 bits per heavy atom. The Balaban J connectivity index is 1.29. The molecule has 0 unspecified atom stereocenters. The molecule has 0 N–H and O–H groups in total. The third kappa shape index (κ3) is 2.66. The zero-order valence-corrected chi connectivity index (χ0v) is 13.0. The lowest BCUT2D eigenvalue weighted by atomic mass is 10.1. The SMILES string of the molecule is Fc1ccc(N2CCN(C3CN(c4cnsn4)C3)CC2)cc1. The van der Waals surface area contributed by atoms with Crippen LogP contribution in [0.1, 0.15) is 0 Å². The molecule has 2 saturated heterocycles. The van der Waals surface area contributed by atoms with Crippen LogP contribution in [0.15, 0.2) is 30.5 Å². The summed E-state index contributed by atoms with van der Waals surface area (Å²) in [5.41, 5.74) is 1.12. The van der Waals surface area contributed by atoms with E-state index >= 15 is 0 Å². The molecule has 3 heterocycles. The highest BCUT2D eigenvalue weighted by Crippen LogP contribution is 2.24. The van der Waals surface area contributed by atoms with Crippen LogP contribution in [0, 0.1) is 5.82 Å². The minimum atomic E-state index is -0.173. The van der Waals surface area contributed by atoms with Crippen LogP contribution in [0.25, 0.3) is 0 Å². The summed E-state index contributed by atoms with van der Waals surface area (Å²) in [5, 5.41) is 0. The van der Waals surface area contributed by atoms with Gasteiger partial charge in [-0.15, -0.1) is 0 Å². The number of hydrogen-bond donors (Lipinski definition) is 0. The fourth-order valence-electron chi connectivity index (χ4n) is 3.17. The number of aromatic nitrogens is 2. The summed E-state index contributed by atoms with van der Waals surface area (Å²) in [4.78, 5) is 7.16. The van der Waals surface area contributed by atoms with Crippen molar-refractivity contribution in [3.05, 3.63) is 36.3 Å². The van der Waals surface area contributed by atoms with Crippen molar-refractivity contribution in [3.63, 3.8) is 0 Å². The summed E-state index contributed by atoms with van der Waals surface area (Å²) in [6.45, 7) is 6.21. The van der Waals surface area contributed by atoms with Gasteiger partial charge < -0.3 is 9.80 Å². The normalized spacial score (nSPS) is 20.2. The van der Waals surface area contributed by atoms with E-state index in [2.05, 4.69) is 23.4 Å². The first-order valence-corrected chi connectivity index (χ1v) is 8.30. The van der Waals surface area contributed by atoms with E-state index < -0.39 is 0 Å². The molecule has 0 aliphatic carbocycles. The van der Waals surface area contributed by atoms with E-state index in [4.69, 9.17) is 0 Å². The van der Waals surface area contributed by atoms with Gasteiger partial charge in [-0.3, -0.25) is 4.90 Å². The second-order valence-corrected chi connectivity index (χ2v) is 6.38. The molecule has 2 aliphatic rings. The average molecular weight is 319 g/mol. The Morgan fingerprint density at radius 3 is 2.36 bits per heavy atom. The van der Waals surface area contributed by atoms with Crippen molar-refractivity contribution in [2.75, 3.05) is 49.1 Å². The lowest BCUT2D eigenvalue weighted by Crippen LogP contribution is -2.63. The van der Waals surface area contributed by atoms with Gasteiger partial charge in [-0.2, -0.15) is 8.75 Å². The Bertz CT molecular complexity index is 603. The Morgan fingerprint density at radius 1 is 1.00 bits per heavy atom. The molecule has 0 bridgehead atoms. The second-order valence-electron chi connectivity index (χ2n) is 5.82. The van der Waals surface area contributed by atoms with Crippen molar-refractivity contribution in [2.45, 2.75) is 6.04 Å². The van der Waals surface area contributed by atoms with E-state index in [0.29, 0.717) is 6.04 Å². The summed E-state index contributed by atoms with van der Waals surface area (Å²) >= 11 is 1.26. The topological polar surface area (TPSA) is 35.5 Å². The van der Waals surface area contributed by atoms with Crippen LogP contribution >= 0.6 is 11.7 Å². The summed E-state index contributed by atoms with van der Waals surface area (Å²) in [5.74, 6) is 0.833. The van der Waals surface area contributed by atoms with Crippen molar-refractivity contribution in [2.24, 2.45) is 0 Å². The smallest absolute Gasteiger partial charge is 0.162 e. The standard InChI is InChI=1S/C15H18FN5S/c16-12-1-3-13(4-2-12)19-5-7-20(8-6-19)14-10-21(11-14)15-9-17-22-18-15/h1-4,9,14H,5-8,10-11H2. The molecular weight excluding hydrogens is 301 g/mol. The fourth-order valence-corrected chi connectivity index (χ4v) is 3.60. The maximum atomic E-state index is 13.0. The quantitative estimate of drug-likeness (QED) is 0.860. The molecule has 4 rings (SSSR count). The van der Waals surface area contributed by atoms with Crippen molar-refractivity contribution in [1.82, 2.24) is 13.6 Å². The number of hydrogen-bond acceptors (Lipinski definition) is 6. The molecule has 1 aromatic carbocycles. The zero-order chi connectivity index (χ0) is 14.9. The minimum absolute atomic E-state index is 0.173. The molecular formula is C15H18FN5S. The van der Waals surface area contributed by atoms with Crippen LogP contribution in [-0.2, 0) is 0 Å². The summed E-state index contributed by atoms with van der Waals surface area (Å²) < 4.78 is 21.3. The van der Waals surface area contributed by atoms with Crippen LogP contribution in [0.4, 0.5) is 15.9 Å². The van der Waals surface area contributed by atoms with E-state index in [1.54, 1.807) is 0 Å². The summed E-state index contributed by atoms with van der Waals surface area (Å²) in [6.07, 6.45) is 1.84. The summed E-state index contributed by atoms with van der Waals surface area (Å²) in [7, 11) is 0. The third-order valence-corrected chi connectivity index (χ3v) is 5.03. The number of piperazine rings is 1. The maximum Gasteiger partial charge on any atom is 0.162 e. The second kappa shape index (κ2) is 5.81. The van der Waals surface area contributed by atoms with Gasteiger partial charge in [0, 0.05) is 51.0 Å². The first-order chi connectivity index (χ1) is 10.8.